The van der Waals surface area contributed by atoms with Crippen LogP contribution in [0.15, 0.2) is 45.6 Å². The maximum Gasteiger partial charge on any atom is 0.326 e. The topological polar surface area (TPSA) is 65.5 Å². The zero-order valence-electron chi connectivity index (χ0n) is 17.9. The Morgan fingerprint density at radius 3 is 2.64 bits per heavy atom. The summed E-state index contributed by atoms with van der Waals surface area (Å²) in [5, 5.41) is 3.18. The fourth-order valence-corrected chi connectivity index (χ4v) is 4.40. The van der Waals surface area contributed by atoms with Crippen molar-refractivity contribution in [1.29, 1.82) is 0 Å². The number of nitrogens with one attached hydrogen (secondary N) is 1. The third kappa shape index (κ3) is 6.56. The minimum Gasteiger partial charge on any atom is -0.347 e. The van der Waals surface area contributed by atoms with E-state index in [1.807, 2.05) is 22.6 Å². The van der Waals surface area contributed by atoms with Gasteiger partial charge in [-0.15, -0.1) is 0 Å². The molecule has 0 bridgehead atoms. The van der Waals surface area contributed by atoms with Crippen LogP contribution in [0.4, 0.5) is 23.1 Å². The molecule has 1 saturated heterocycles. The molecule has 1 aromatic heterocycles. The number of aromatic nitrogens is 1. The summed E-state index contributed by atoms with van der Waals surface area (Å²) in [5.74, 6) is -0.676. The molecule has 0 radical (unpaired) electrons. The van der Waals surface area contributed by atoms with Gasteiger partial charge >= 0.3 is 6.03 Å². The Labute approximate surface area is 207 Å². The Bertz CT molecular complexity index is 1090. The molecular weight excluding hydrogens is 568 g/mol. The molecule has 1 aromatic carbocycles. The molecule has 2 heterocycles. The van der Waals surface area contributed by atoms with Crippen LogP contribution in [0.5, 0.6) is 0 Å². The highest BCUT2D eigenvalue weighted by atomic mass is 127. The van der Waals surface area contributed by atoms with Crippen molar-refractivity contribution < 1.29 is 22.8 Å². The van der Waals surface area contributed by atoms with Crippen LogP contribution in [0, 0.1) is 12.7 Å². The summed E-state index contributed by atoms with van der Waals surface area (Å²) in [6, 6.07) is 5.77. The average Bonchev–Trinajstić information content (AvgIpc) is 3.34. The van der Waals surface area contributed by atoms with E-state index in [0.29, 0.717) is 38.9 Å². The highest BCUT2D eigenvalue weighted by Gasteiger charge is 2.32. The number of aryl methyl sites for hydroxylation is 1. The van der Waals surface area contributed by atoms with Gasteiger partial charge in [0.15, 0.2) is 5.13 Å². The maximum atomic E-state index is 13.1. The molecule has 1 N–H and O–H groups in total. The number of halogens is 4. The second-order valence-corrected chi connectivity index (χ2v) is 9.76. The molecule has 33 heavy (non-hydrogen) atoms. The van der Waals surface area contributed by atoms with E-state index < -0.39 is 6.43 Å². The maximum absolute atomic E-state index is 13.1. The molecule has 0 unspecified atom stereocenters. The van der Waals surface area contributed by atoms with E-state index in [-0.39, 0.29) is 29.9 Å². The zero-order chi connectivity index (χ0) is 24.1. The van der Waals surface area contributed by atoms with Gasteiger partial charge in [0, 0.05) is 29.8 Å². The lowest BCUT2D eigenvalue weighted by molar-refractivity contribution is 0.0961. The minimum absolute atomic E-state index is 0.0535. The number of allylic oxidation sites excluding steroid dienone is 3. The molecule has 0 aliphatic carbocycles. The number of rotatable bonds is 8. The lowest BCUT2D eigenvalue weighted by Crippen LogP contribution is -2.31. The molecule has 1 fully saturated rings. The summed E-state index contributed by atoms with van der Waals surface area (Å²) in [6.07, 6.45) is 0.343. The number of carbonyl (C=O) groups is 2. The average molecular weight is 590 g/mol. The predicted octanol–water partition coefficient (Wildman–Crippen LogP) is 5.29. The second-order valence-electron chi connectivity index (χ2n) is 7.40. The lowest BCUT2D eigenvalue weighted by Gasteiger charge is -2.16. The van der Waals surface area contributed by atoms with Crippen LogP contribution in [0.25, 0.3) is 0 Å². The molecular formula is C22H22F3IN4O2S. The van der Waals surface area contributed by atoms with Crippen LogP contribution in [0.2, 0.25) is 0 Å². The van der Waals surface area contributed by atoms with Crippen LogP contribution in [-0.4, -0.2) is 47.9 Å². The van der Waals surface area contributed by atoms with Gasteiger partial charge in [-0.2, -0.15) is 0 Å². The van der Waals surface area contributed by atoms with Crippen molar-refractivity contribution in [3.63, 3.8) is 0 Å². The first-order valence-electron chi connectivity index (χ1n) is 10.0. The fourth-order valence-electron chi connectivity index (χ4n) is 3.02. The van der Waals surface area contributed by atoms with Crippen molar-refractivity contribution in [2.75, 3.05) is 24.5 Å². The summed E-state index contributed by atoms with van der Waals surface area (Å²) in [4.78, 5) is 33.4. The van der Waals surface area contributed by atoms with E-state index in [1.54, 1.807) is 24.0 Å². The highest BCUT2D eigenvalue weighted by molar-refractivity contribution is 14.1. The Kier molecular flexibility index (Phi) is 8.51. The van der Waals surface area contributed by atoms with E-state index in [0.717, 1.165) is 16.9 Å². The van der Waals surface area contributed by atoms with E-state index in [4.69, 9.17) is 0 Å². The van der Waals surface area contributed by atoms with Gasteiger partial charge in [-0.25, -0.2) is 22.9 Å². The first-order chi connectivity index (χ1) is 15.7. The zero-order valence-corrected chi connectivity index (χ0v) is 20.9. The molecule has 0 saturated carbocycles. The molecule has 1 aliphatic rings. The van der Waals surface area contributed by atoms with E-state index >= 15 is 0 Å². The van der Waals surface area contributed by atoms with Crippen molar-refractivity contribution in [3.8, 4) is 0 Å². The highest BCUT2D eigenvalue weighted by Crippen LogP contribution is 2.29. The summed E-state index contributed by atoms with van der Waals surface area (Å²) in [7, 11) is 0. The van der Waals surface area contributed by atoms with Crippen LogP contribution in [0.1, 0.15) is 27.9 Å². The van der Waals surface area contributed by atoms with Crippen molar-refractivity contribution >= 4 is 51.0 Å². The minimum atomic E-state index is -2.52. The number of urea groups is 1. The van der Waals surface area contributed by atoms with Gasteiger partial charge in [-0.3, -0.25) is 9.69 Å². The first-order valence-corrected chi connectivity index (χ1v) is 11.9. The number of anilines is 1. The number of hydrogen-bond acceptors (Lipinski definition) is 4. The SMILES string of the molecule is C/C(=C\C=C(/I)CNC(=O)c1sc(N2CCN(Cc3ccc(F)cc3)C2=O)nc1C)C(F)F. The number of amides is 3. The van der Waals surface area contributed by atoms with E-state index in [1.165, 1.54) is 36.1 Å². The number of alkyl halides is 2. The van der Waals surface area contributed by atoms with E-state index in [2.05, 4.69) is 10.3 Å². The Hall–Kier alpha value is -2.41. The molecule has 6 nitrogen and oxygen atoms in total. The van der Waals surface area contributed by atoms with Crippen molar-refractivity contribution in [2.24, 2.45) is 0 Å². The standard InChI is InChI=1S/C22H22F3IN4O2S/c1-13(19(24)25)3-8-17(26)11-27-20(31)18-14(2)28-21(33-18)30-10-9-29(22(30)32)12-15-4-6-16(23)7-5-15/h3-8,19H,9-12H2,1-2H3,(H,27,31)/b13-3+,17-8-. The lowest BCUT2D eigenvalue weighted by atomic mass is 10.2. The van der Waals surface area contributed by atoms with Crippen molar-refractivity contribution in [1.82, 2.24) is 15.2 Å². The molecule has 0 spiro atoms. The Balaban J connectivity index is 1.62. The predicted molar refractivity (Wildman–Crippen MR) is 131 cm³/mol. The number of nitrogens with zero attached hydrogens (tertiary/aromatic N) is 3. The van der Waals surface area contributed by atoms with Gasteiger partial charge in [0.25, 0.3) is 12.3 Å². The van der Waals surface area contributed by atoms with Crippen LogP contribution < -0.4 is 10.2 Å². The van der Waals surface area contributed by atoms with Gasteiger partial charge < -0.3 is 10.2 Å². The van der Waals surface area contributed by atoms with Crippen molar-refractivity contribution in [3.05, 3.63) is 67.5 Å². The molecule has 176 valence electrons. The first kappa shape index (κ1) is 25.2. The third-order valence-corrected chi connectivity index (χ3v) is 6.81. The number of hydrogen-bond donors (Lipinski definition) is 1. The summed E-state index contributed by atoms with van der Waals surface area (Å²) >= 11 is 3.10. The normalized spacial score (nSPS) is 15.1. The molecule has 3 rings (SSSR count). The van der Waals surface area contributed by atoms with Gasteiger partial charge in [0.1, 0.15) is 10.7 Å². The molecule has 3 amide bonds. The van der Waals surface area contributed by atoms with Gasteiger partial charge in [0.2, 0.25) is 0 Å². The molecule has 1 aliphatic heterocycles. The Morgan fingerprint density at radius 2 is 1.97 bits per heavy atom. The van der Waals surface area contributed by atoms with Crippen molar-refractivity contribution in [2.45, 2.75) is 26.8 Å². The summed E-state index contributed by atoms with van der Waals surface area (Å²) < 4.78 is 38.9. The summed E-state index contributed by atoms with van der Waals surface area (Å²) in [6.45, 7) is 4.51. The van der Waals surface area contributed by atoms with Gasteiger partial charge in [-0.05, 0) is 59.7 Å². The fraction of sp³-hybridized carbons (Fsp3) is 0.318. The molecule has 0 atom stereocenters. The van der Waals surface area contributed by atoms with Gasteiger partial charge in [-0.1, -0.05) is 35.6 Å². The largest absolute Gasteiger partial charge is 0.347 e. The third-order valence-electron chi connectivity index (χ3n) is 4.89. The number of carbonyl (C=O) groups excluding carboxylic acids is 2. The number of benzene rings is 1. The Morgan fingerprint density at radius 1 is 1.27 bits per heavy atom. The van der Waals surface area contributed by atoms with Crippen LogP contribution >= 0.6 is 33.9 Å². The van der Waals surface area contributed by atoms with Crippen LogP contribution in [0.3, 0.4) is 0 Å². The molecule has 11 heteroatoms. The quantitative estimate of drug-likeness (QED) is 0.336. The second kappa shape index (κ2) is 11.1. The van der Waals surface area contributed by atoms with E-state index in [9.17, 15) is 22.8 Å². The monoisotopic (exact) mass is 590 g/mol. The smallest absolute Gasteiger partial charge is 0.326 e. The van der Waals surface area contributed by atoms with Crippen LogP contribution in [-0.2, 0) is 6.54 Å². The number of thiazole rings is 1. The summed E-state index contributed by atoms with van der Waals surface area (Å²) in [5.41, 5.74) is 1.27. The van der Waals surface area contributed by atoms with Gasteiger partial charge in [0.05, 0.1) is 5.69 Å². The molecule has 2 aromatic rings.